The van der Waals surface area contributed by atoms with Gasteiger partial charge in [0.2, 0.25) is 10.0 Å². The van der Waals surface area contributed by atoms with E-state index >= 15 is 0 Å². The molecule has 1 aliphatic heterocycles. The summed E-state index contributed by atoms with van der Waals surface area (Å²) >= 11 is 5.11. The van der Waals surface area contributed by atoms with Crippen molar-refractivity contribution >= 4 is 43.4 Å². The molecule has 0 radical (unpaired) electrons. The second kappa shape index (κ2) is 5.81. The normalized spacial score (nSPS) is 17.8. The molecule has 0 bridgehead atoms. The third-order valence-electron chi connectivity index (χ3n) is 2.79. The Bertz CT molecular complexity index is 528. The van der Waals surface area contributed by atoms with Crippen molar-refractivity contribution in [2.24, 2.45) is 0 Å². The Morgan fingerprint density at radius 1 is 1.33 bits per heavy atom. The second-order valence-corrected chi connectivity index (χ2v) is 7.96. The van der Waals surface area contributed by atoms with Gasteiger partial charge in [0.05, 0.1) is 4.90 Å². The zero-order chi connectivity index (χ0) is 13.2. The number of nitrogens with one attached hydrogen (secondary N) is 1. The minimum atomic E-state index is -3.47. The standard InChI is InChI=1S/C11H15BrN2O2S2/c12-10-7-8(13)1-2-11(10)18(15,16)14-9-3-5-17-6-4-9/h1-2,7,9,14H,3-6,13H2. The summed E-state index contributed by atoms with van der Waals surface area (Å²) in [5.41, 5.74) is 6.14. The molecule has 1 heterocycles. The highest BCUT2D eigenvalue weighted by Gasteiger charge is 2.23. The second-order valence-electron chi connectivity index (χ2n) is 4.20. The van der Waals surface area contributed by atoms with Crippen molar-refractivity contribution in [3.8, 4) is 0 Å². The maximum atomic E-state index is 12.2. The number of nitrogen functional groups attached to an aromatic ring is 1. The molecule has 18 heavy (non-hydrogen) atoms. The Hall–Kier alpha value is -0.240. The molecular formula is C11H15BrN2O2S2. The number of anilines is 1. The van der Waals surface area contributed by atoms with Crippen LogP contribution in [0, 0.1) is 0 Å². The lowest BCUT2D eigenvalue weighted by atomic mass is 10.2. The lowest BCUT2D eigenvalue weighted by molar-refractivity contribution is 0.528. The van der Waals surface area contributed by atoms with Gasteiger partial charge in [-0.2, -0.15) is 11.8 Å². The quantitative estimate of drug-likeness (QED) is 0.819. The maximum absolute atomic E-state index is 12.2. The first-order valence-corrected chi connectivity index (χ1v) is 9.07. The number of nitrogens with two attached hydrogens (primary N) is 1. The van der Waals surface area contributed by atoms with Gasteiger partial charge in [-0.25, -0.2) is 13.1 Å². The minimum Gasteiger partial charge on any atom is -0.399 e. The van der Waals surface area contributed by atoms with Crippen LogP contribution in [-0.2, 0) is 10.0 Å². The van der Waals surface area contributed by atoms with E-state index in [4.69, 9.17) is 5.73 Å². The molecule has 0 unspecified atom stereocenters. The number of hydrogen-bond donors (Lipinski definition) is 2. The average Bonchev–Trinajstić information content (AvgIpc) is 2.29. The van der Waals surface area contributed by atoms with Crippen molar-refractivity contribution < 1.29 is 8.42 Å². The highest BCUT2D eigenvalue weighted by Crippen LogP contribution is 2.25. The molecule has 0 aromatic heterocycles. The molecule has 1 aliphatic rings. The number of sulfonamides is 1. The van der Waals surface area contributed by atoms with E-state index in [1.807, 2.05) is 11.8 Å². The number of rotatable bonds is 3. The van der Waals surface area contributed by atoms with Crippen LogP contribution in [0.1, 0.15) is 12.8 Å². The summed E-state index contributed by atoms with van der Waals surface area (Å²) in [5.74, 6) is 2.02. The molecule has 1 aromatic carbocycles. The third-order valence-corrected chi connectivity index (χ3v) is 6.33. The molecule has 0 atom stereocenters. The van der Waals surface area contributed by atoms with Crippen molar-refractivity contribution in [2.75, 3.05) is 17.2 Å². The Kier molecular flexibility index (Phi) is 4.58. The zero-order valence-electron chi connectivity index (χ0n) is 9.73. The number of thioether (sulfide) groups is 1. The zero-order valence-corrected chi connectivity index (χ0v) is 12.9. The summed E-state index contributed by atoms with van der Waals surface area (Å²) in [7, 11) is -3.47. The van der Waals surface area contributed by atoms with E-state index in [9.17, 15) is 8.42 Å². The molecule has 7 heteroatoms. The SMILES string of the molecule is Nc1ccc(S(=O)(=O)NC2CCSCC2)c(Br)c1. The van der Waals surface area contributed by atoms with Crippen LogP contribution in [0.25, 0.3) is 0 Å². The van der Waals surface area contributed by atoms with Gasteiger partial charge in [-0.05, 0) is 58.5 Å². The Morgan fingerprint density at radius 3 is 2.61 bits per heavy atom. The molecule has 0 saturated carbocycles. The average molecular weight is 351 g/mol. The van der Waals surface area contributed by atoms with Gasteiger partial charge >= 0.3 is 0 Å². The number of benzene rings is 1. The third kappa shape index (κ3) is 3.40. The summed E-state index contributed by atoms with van der Waals surface area (Å²) in [6, 6.07) is 4.77. The summed E-state index contributed by atoms with van der Waals surface area (Å²) in [6.07, 6.45) is 1.77. The van der Waals surface area contributed by atoms with E-state index in [2.05, 4.69) is 20.7 Å². The number of hydrogen-bond acceptors (Lipinski definition) is 4. The van der Waals surface area contributed by atoms with E-state index in [0.717, 1.165) is 24.3 Å². The molecule has 0 aliphatic carbocycles. The molecule has 2 rings (SSSR count). The fourth-order valence-corrected chi connectivity index (χ4v) is 5.34. The van der Waals surface area contributed by atoms with Crippen LogP contribution >= 0.6 is 27.7 Å². The summed E-state index contributed by atoms with van der Waals surface area (Å²) < 4.78 is 27.7. The highest BCUT2D eigenvalue weighted by atomic mass is 79.9. The van der Waals surface area contributed by atoms with Gasteiger partial charge in [0.25, 0.3) is 0 Å². The molecule has 1 fully saturated rings. The van der Waals surface area contributed by atoms with Crippen molar-refractivity contribution in [2.45, 2.75) is 23.8 Å². The van der Waals surface area contributed by atoms with Crippen molar-refractivity contribution in [3.05, 3.63) is 22.7 Å². The van der Waals surface area contributed by atoms with Crippen LogP contribution in [-0.4, -0.2) is 26.0 Å². The Balaban J connectivity index is 2.19. The minimum absolute atomic E-state index is 0.0423. The van der Waals surface area contributed by atoms with E-state index < -0.39 is 10.0 Å². The molecule has 4 nitrogen and oxygen atoms in total. The van der Waals surface area contributed by atoms with Crippen molar-refractivity contribution in [1.82, 2.24) is 4.72 Å². The summed E-state index contributed by atoms with van der Waals surface area (Å²) in [6.45, 7) is 0. The number of halogens is 1. The first kappa shape index (κ1) is 14.2. The molecule has 3 N–H and O–H groups in total. The Morgan fingerprint density at radius 2 is 2.00 bits per heavy atom. The first-order chi connectivity index (χ1) is 8.49. The topological polar surface area (TPSA) is 72.2 Å². The molecule has 1 saturated heterocycles. The molecule has 1 aromatic rings. The van der Waals surface area contributed by atoms with Crippen LogP contribution in [0.15, 0.2) is 27.6 Å². The van der Waals surface area contributed by atoms with Crippen LogP contribution in [0.3, 0.4) is 0 Å². The van der Waals surface area contributed by atoms with Crippen LogP contribution in [0.5, 0.6) is 0 Å². The van der Waals surface area contributed by atoms with E-state index in [1.54, 1.807) is 12.1 Å². The lowest BCUT2D eigenvalue weighted by Crippen LogP contribution is -2.37. The van der Waals surface area contributed by atoms with Crippen LogP contribution in [0.4, 0.5) is 5.69 Å². The molecular weight excluding hydrogens is 336 g/mol. The van der Waals surface area contributed by atoms with Crippen molar-refractivity contribution in [1.29, 1.82) is 0 Å². The van der Waals surface area contributed by atoms with Gasteiger partial charge in [0.1, 0.15) is 0 Å². The van der Waals surface area contributed by atoms with Crippen molar-refractivity contribution in [3.63, 3.8) is 0 Å². The Labute approximate surface area is 120 Å². The molecule has 100 valence electrons. The van der Waals surface area contributed by atoms with E-state index in [1.165, 1.54) is 6.07 Å². The highest BCUT2D eigenvalue weighted by molar-refractivity contribution is 9.10. The summed E-state index contributed by atoms with van der Waals surface area (Å²) in [5, 5.41) is 0. The van der Waals surface area contributed by atoms with Gasteiger partial charge < -0.3 is 5.73 Å². The van der Waals surface area contributed by atoms with Gasteiger partial charge in [0.15, 0.2) is 0 Å². The predicted octanol–water partition coefficient (Wildman–Crippen LogP) is 2.21. The van der Waals surface area contributed by atoms with Gasteiger partial charge in [-0.1, -0.05) is 0 Å². The van der Waals surface area contributed by atoms with Crippen LogP contribution < -0.4 is 10.5 Å². The van der Waals surface area contributed by atoms with Gasteiger partial charge in [0, 0.05) is 16.2 Å². The van der Waals surface area contributed by atoms with Crippen LogP contribution in [0.2, 0.25) is 0 Å². The predicted molar refractivity (Wildman–Crippen MR) is 79.2 cm³/mol. The molecule has 0 amide bonds. The lowest BCUT2D eigenvalue weighted by Gasteiger charge is -2.22. The van der Waals surface area contributed by atoms with E-state index in [-0.39, 0.29) is 10.9 Å². The fraction of sp³-hybridized carbons (Fsp3) is 0.455. The first-order valence-electron chi connectivity index (χ1n) is 5.64. The monoisotopic (exact) mass is 350 g/mol. The van der Waals surface area contributed by atoms with Gasteiger partial charge in [-0.3, -0.25) is 0 Å². The summed E-state index contributed by atoms with van der Waals surface area (Å²) in [4.78, 5) is 0.245. The van der Waals surface area contributed by atoms with Gasteiger partial charge in [-0.15, -0.1) is 0 Å². The smallest absolute Gasteiger partial charge is 0.241 e. The fourth-order valence-electron chi connectivity index (χ4n) is 1.83. The molecule has 0 spiro atoms. The maximum Gasteiger partial charge on any atom is 0.241 e. The largest absolute Gasteiger partial charge is 0.399 e. The van der Waals surface area contributed by atoms with E-state index in [0.29, 0.717) is 10.2 Å².